The summed E-state index contributed by atoms with van der Waals surface area (Å²) in [5.74, 6) is 3.98. The number of anilines is 1. The van der Waals surface area contributed by atoms with Crippen LogP contribution in [0.25, 0.3) is 11.2 Å². The summed E-state index contributed by atoms with van der Waals surface area (Å²) < 4.78 is 1.82. The van der Waals surface area contributed by atoms with E-state index in [1.165, 1.54) is 23.5 Å². The molecule has 4 rings (SSSR count). The van der Waals surface area contributed by atoms with Gasteiger partial charge >= 0.3 is 0 Å². The largest absolute Gasteiger partial charge is 0.368 e. The molecular formula is C16H18N6S. The molecule has 3 aromatic rings. The van der Waals surface area contributed by atoms with Gasteiger partial charge in [0.2, 0.25) is 0 Å². The summed E-state index contributed by atoms with van der Waals surface area (Å²) in [7, 11) is 0. The summed E-state index contributed by atoms with van der Waals surface area (Å²) in [6, 6.07) is 10.2. The highest BCUT2D eigenvalue weighted by Crippen LogP contribution is 2.24. The van der Waals surface area contributed by atoms with Gasteiger partial charge in [-0.15, -0.1) is 5.10 Å². The number of thioether (sulfide) groups is 1. The van der Waals surface area contributed by atoms with Crippen molar-refractivity contribution in [3.8, 4) is 0 Å². The fourth-order valence-electron chi connectivity index (χ4n) is 2.77. The van der Waals surface area contributed by atoms with Crippen molar-refractivity contribution in [3.63, 3.8) is 0 Å². The van der Waals surface area contributed by atoms with Crippen molar-refractivity contribution in [1.29, 1.82) is 0 Å². The molecule has 0 saturated carbocycles. The maximum Gasteiger partial charge on any atom is 0.184 e. The van der Waals surface area contributed by atoms with Gasteiger partial charge in [-0.05, 0) is 29.4 Å². The van der Waals surface area contributed by atoms with Crippen LogP contribution in [-0.2, 0) is 6.54 Å². The van der Waals surface area contributed by atoms with Crippen molar-refractivity contribution in [3.05, 3.63) is 42.2 Å². The van der Waals surface area contributed by atoms with Gasteiger partial charge in [-0.3, -0.25) is 0 Å². The van der Waals surface area contributed by atoms with Crippen LogP contribution in [0.3, 0.4) is 0 Å². The van der Waals surface area contributed by atoms with E-state index in [1.54, 1.807) is 6.33 Å². The first kappa shape index (κ1) is 14.4. The minimum absolute atomic E-state index is 0.660. The maximum absolute atomic E-state index is 4.36. The van der Waals surface area contributed by atoms with E-state index in [-0.39, 0.29) is 0 Å². The van der Waals surface area contributed by atoms with Crippen LogP contribution in [0, 0.1) is 5.92 Å². The Morgan fingerprint density at radius 3 is 2.96 bits per heavy atom. The Morgan fingerprint density at radius 2 is 2.13 bits per heavy atom. The molecular weight excluding hydrogens is 308 g/mol. The molecule has 6 nitrogen and oxygen atoms in total. The van der Waals surface area contributed by atoms with Gasteiger partial charge in [0.1, 0.15) is 6.33 Å². The molecule has 0 spiro atoms. The monoisotopic (exact) mass is 326 g/mol. The lowest BCUT2D eigenvalue weighted by Gasteiger charge is -2.10. The first-order valence-corrected chi connectivity index (χ1v) is 8.95. The molecule has 1 N–H and O–H groups in total. The molecule has 1 aliphatic rings. The maximum atomic E-state index is 4.36. The predicted molar refractivity (Wildman–Crippen MR) is 92.6 cm³/mol. The minimum Gasteiger partial charge on any atom is -0.368 e. The fourth-order valence-corrected chi connectivity index (χ4v) is 4.05. The molecule has 1 atom stereocenters. The number of nitrogens with one attached hydrogen (secondary N) is 1. The van der Waals surface area contributed by atoms with Crippen LogP contribution in [0.1, 0.15) is 12.0 Å². The molecule has 7 heteroatoms. The lowest BCUT2D eigenvalue weighted by Crippen LogP contribution is -2.14. The Labute approximate surface area is 138 Å². The van der Waals surface area contributed by atoms with E-state index in [4.69, 9.17) is 0 Å². The average Bonchev–Trinajstić information content (AvgIpc) is 3.24. The molecule has 1 aliphatic heterocycles. The number of benzene rings is 1. The van der Waals surface area contributed by atoms with Gasteiger partial charge in [0.25, 0.3) is 0 Å². The fraction of sp³-hybridized carbons (Fsp3) is 0.375. The van der Waals surface area contributed by atoms with Gasteiger partial charge in [-0.2, -0.15) is 11.8 Å². The molecule has 1 aromatic carbocycles. The topological polar surface area (TPSA) is 68.5 Å². The van der Waals surface area contributed by atoms with Crippen LogP contribution in [-0.4, -0.2) is 43.0 Å². The summed E-state index contributed by atoms with van der Waals surface area (Å²) in [6.07, 6.45) is 2.85. The van der Waals surface area contributed by atoms with E-state index >= 15 is 0 Å². The summed E-state index contributed by atoms with van der Waals surface area (Å²) in [6.45, 7) is 1.59. The van der Waals surface area contributed by atoms with E-state index < -0.39 is 0 Å². The van der Waals surface area contributed by atoms with Crippen molar-refractivity contribution < 1.29 is 0 Å². The molecule has 1 saturated heterocycles. The second-order valence-electron chi connectivity index (χ2n) is 5.74. The number of aromatic nitrogens is 5. The van der Waals surface area contributed by atoms with Crippen LogP contribution in [0.15, 0.2) is 36.7 Å². The van der Waals surface area contributed by atoms with Crippen LogP contribution < -0.4 is 5.32 Å². The van der Waals surface area contributed by atoms with Gasteiger partial charge in [0.15, 0.2) is 17.0 Å². The molecule has 1 unspecified atom stereocenters. The van der Waals surface area contributed by atoms with Crippen molar-refractivity contribution >= 4 is 28.7 Å². The summed E-state index contributed by atoms with van der Waals surface area (Å²) in [4.78, 5) is 8.70. The normalized spacial score (nSPS) is 17.7. The minimum atomic E-state index is 0.660. The SMILES string of the molecule is c1ccc(Cn2nnc3c(NCC4CCSC4)ncnc32)cc1. The second-order valence-corrected chi connectivity index (χ2v) is 6.89. The first-order chi connectivity index (χ1) is 11.4. The van der Waals surface area contributed by atoms with Gasteiger partial charge < -0.3 is 5.32 Å². The smallest absolute Gasteiger partial charge is 0.184 e. The third kappa shape index (κ3) is 3.14. The first-order valence-electron chi connectivity index (χ1n) is 7.80. The second kappa shape index (κ2) is 6.54. The summed E-state index contributed by atoms with van der Waals surface area (Å²) in [5.41, 5.74) is 2.69. The Balaban J connectivity index is 1.56. The van der Waals surface area contributed by atoms with Crippen molar-refractivity contribution in [2.45, 2.75) is 13.0 Å². The molecule has 3 heterocycles. The molecule has 0 radical (unpaired) electrons. The summed E-state index contributed by atoms with van der Waals surface area (Å²) >= 11 is 2.02. The number of nitrogens with zero attached hydrogens (tertiary/aromatic N) is 5. The van der Waals surface area contributed by atoms with Crippen LogP contribution >= 0.6 is 11.8 Å². The molecule has 1 fully saturated rings. The predicted octanol–water partition coefficient (Wildman–Crippen LogP) is 2.43. The zero-order valence-electron chi connectivity index (χ0n) is 12.7. The lowest BCUT2D eigenvalue weighted by molar-refractivity contribution is 0.631. The van der Waals surface area contributed by atoms with Crippen molar-refractivity contribution in [2.24, 2.45) is 5.92 Å². The van der Waals surface area contributed by atoms with Gasteiger partial charge in [-0.25, -0.2) is 14.6 Å². The Hall–Kier alpha value is -2.15. The van der Waals surface area contributed by atoms with Gasteiger partial charge in [-0.1, -0.05) is 35.5 Å². The van der Waals surface area contributed by atoms with E-state index in [0.717, 1.165) is 23.5 Å². The van der Waals surface area contributed by atoms with Crippen LogP contribution in [0.5, 0.6) is 0 Å². The van der Waals surface area contributed by atoms with E-state index in [2.05, 4.69) is 37.7 Å². The van der Waals surface area contributed by atoms with Crippen molar-refractivity contribution in [2.75, 3.05) is 23.4 Å². The average molecular weight is 326 g/mol. The summed E-state index contributed by atoms with van der Waals surface area (Å²) in [5, 5.41) is 12.0. The number of hydrogen-bond acceptors (Lipinski definition) is 6. The zero-order valence-corrected chi connectivity index (χ0v) is 13.5. The van der Waals surface area contributed by atoms with Gasteiger partial charge in [0, 0.05) is 6.54 Å². The van der Waals surface area contributed by atoms with E-state index in [9.17, 15) is 0 Å². The third-order valence-corrected chi connectivity index (χ3v) is 5.29. The quantitative estimate of drug-likeness (QED) is 0.777. The lowest BCUT2D eigenvalue weighted by atomic mass is 10.1. The third-order valence-electron chi connectivity index (χ3n) is 4.06. The van der Waals surface area contributed by atoms with Crippen LogP contribution in [0.4, 0.5) is 5.82 Å². The Kier molecular flexibility index (Phi) is 4.10. The van der Waals surface area contributed by atoms with Crippen molar-refractivity contribution in [1.82, 2.24) is 25.0 Å². The molecule has 0 amide bonds. The van der Waals surface area contributed by atoms with E-state index in [1.807, 2.05) is 34.6 Å². The highest BCUT2D eigenvalue weighted by atomic mass is 32.2. The number of fused-ring (bicyclic) bond motifs is 1. The number of rotatable bonds is 5. The molecule has 0 bridgehead atoms. The number of hydrogen-bond donors (Lipinski definition) is 1. The highest BCUT2D eigenvalue weighted by molar-refractivity contribution is 7.99. The molecule has 118 valence electrons. The highest BCUT2D eigenvalue weighted by Gasteiger charge is 2.17. The Bertz CT molecular complexity index is 782. The zero-order chi connectivity index (χ0) is 15.5. The Morgan fingerprint density at radius 1 is 1.22 bits per heavy atom. The standard InChI is InChI=1S/C16H18N6S/c1-2-4-12(5-3-1)9-22-16-14(20-21-22)15(18-11-19-16)17-8-13-6-7-23-10-13/h1-5,11,13H,6-10H2,(H,17,18,19). The molecule has 2 aromatic heterocycles. The van der Waals surface area contributed by atoms with Gasteiger partial charge in [0.05, 0.1) is 6.54 Å². The molecule has 0 aliphatic carbocycles. The van der Waals surface area contributed by atoms with Crippen LogP contribution in [0.2, 0.25) is 0 Å². The molecule has 23 heavy (non-hydrogen) atoms. The van der Waals surface area contributed by atoms with E-state index in [0.29, 0.717) is 12.5 Å².